The van der Waals surface area contributed by atoms with Gasteiger partial charge in [-0.2, -0.15) is 0 Å². The van der Waals surface area contributed by atoms with Gasteiger partial charge in [0.2, 0.25) is 0 Å². The van der Waals surface area contributed by atoms with Gasteiger partial charge in [-0.25, -0.2) is 0 Å². The Bertz CT molecular complexity index is 368. The lowest BCUT2D eigenvalue weighted by Gasteiger charge is -2.25. The SMILES string of the molecule is COC(C(C)C)C(O)c1ccc(OC2CC2)cc1. The number of aliphatic hydroxyl groups is 1. The summed E-state index contributed by atoms with van der Waals surface area (Å²) in [4.78, 5) is 0. The Hall–Kier alpha value is -1.06. The first-order chi connectivity index (χ1) is 8.61. The zero-order valence-corrected chi connectivity index (χ0v) is 11.3. The van der Waals surface area contributed by atoms with Crippen LogP contribution in [0.3, 0.4) is 0 Å². The van der Waals surface area contributed by atoms with E-state index in [1.807, 2.05) is 38.1 Å². The molecule has 2 unspecified atom stereocenters. The van der Waals surface area contributed by atoms with Crippen molar-refractivity contribution in [2.75, 3.05) is 7.11 Å². The Kier molecular flexibility index (Phi) is 4.25. The number of hydrogen-bond donors (Lipinski definition) is 1. The van der Waals surface area contributed by atoms with Crippen LogP contribution in [0.25, 0.3) is 0 Å². The number of rotatable bonds is 6. The van der Waals surface area contributed by atoms with Crippen LogP contribution in [0.2, 0.25) is 0 Å². The van der Waals surface area contributed by atoms with E-state index in [1.165, 1.54) is 0 Å². The fourth-order valence-electron chi connectivity index (χ4n) is 2.08. The van der Waals surface area contributed by atoms with Gasteiger partial charge in [0, 0.05) is 7.11 Å². The van der Waals surface area contributed by atoms with Crippen LogP contribution in [0.4, 0.5) is 0 Å². The molecule has 0 heterocycles. The summed E-state index contributed by atoms with van der Waals surface area (Å²) in [5, 5.41) is 10.3. The molecule has 1 aromatic rings. The highest BCUT2D eigenvalue weighted by atomic mass is 16.5. The number of hydrogen-bond acceptors (Lipinski definition) is 3. The molecule has 1 saturated carbocycles. The Morgan fingerprint density at radius 3 is 2.22 bits per heavy atom. The fraction of sp³-hybridized carbons (Fsp3) is 0.600. The molecule has 0 bridgehead atoms. The Balaban J connectivity index is 2.02. The van der Waals surface area contributed by atoms with Gasteiger partial charge in [0.1, 0.15) is 11.9 Å². The molecule has 3 heteroatoms. The topological polar surface area (TPSA) is 38.7 Å². The lowest BCUT2D eigenvalue weighted by Crippen LogP contribution is -2.26. The summed E-state index contributed by atoms with van der Waals surface area (Å²) in [5.41, 5.74) is 0.874. The van der Waals surface area contributed by atoms with Gasteiger partial charge in [-0.3, -0.25) is 0 Å². The third-order valence-corrected chi connectivity index (χ3v) is 3.29. The van der Waals surface area contributed by atoms with Crippen molar-refractivity contribution in [3.63, 3.8) is 0 Å². The van der Waals surface area contributed by atoms with E-state index >= 15 is 0 Å². The van der Waals surface area contributed by atoms with Crippen molar-refractivity contribution in [1.82, 2.24) is 0 Å². The normalized spacial score (nSPS) is 18.7. The van der Waals surface area contributed by atoms with Crippen molar-refractivity contribution in [2.24, 2.45) is 5.92 Å². The summed E-state index contributed by atoms with van der Waals surface area (Å²) in [6.45, 7) is 4.09. The molecule has 1 fully saturated rings. The summed E-state index contributed by atoms with van der Waals surface area (Å²) >= 11 is 0. The van der Waals surface area contributed by atoms with E-state index in [0.717, 1.165) is 24.2 Å². The van der Waals surface area contributed by atoms with Crippen molar-refractivity contribution >= 4 is 0 Å². The minimum Gasteiger partial charge on any atom is -0.490 e. The van der Waals surface area contributed by atoms with Crippen LogP contribution < -0.4 is 4.74 Å². The van der Waals surface area contributed by atoms with Crippen LogP contribution in [-0.2, 0) is 4.74 Å². The molecule has 0 radical (unpaired) electrons. The number of methoxy groups -OCH3 is 1. The highest BCUT2D eigenvalue weighted by Crippen LogP contribution is 2.29. The maximum absolute atomic E-state index is 10.3. The molecule has 0 amide bonds. The van der Waals surface area contributed by atoms with Gasteiger partial charge in [0.05, 0.1) is 12.2 Å². The maximum Gasteiger partial charge on any atom is 0.119 e. The summed E-state index contributed by atoms with van der Waals surface area (Å²) in [6, 6.07) is 7.67. The molecule has 1 N–H and O–H groups in total. The van der Waals surface area contributed by atoms with Gasteiger partial charge in [-0.05, 0) is 36.5 Å². The van der Waals surface area contributed by atoms with Crippen molar-refractivity contribution in [3.8, 4) is 5.75 Å². The lowest BCUT2D eigenvalue weighted by atomic mass is 9.96. The van der Waals surface area contributed by atoms with E-state index in [-0.39, 0.29) is 12.0 Å². The van der Waals surface area contributed by atoms with Crippen molar-refractivity contribution in [1.29, 1.82) is 0 Å². The van der Waals surface area contributed by atoms with E-state index in [9.17, 15) is 5.11 Å². The van der Waals surface area contributed by atoms with Gasteiger partial charge >= 0.3 is 0 Å². The smallest absolute Gasteiger partial charge is 0.119 e. The first-order valence-electron chi connectivity index (χ1n) is 6.59. The molecular formula is C15H22O3. The first-order valence-corrected chi connectivity index (χ1v) is 6.59. The molecule has 0 aliphatic heterocycles. The molecule has 1 aromatic carbocycles. The molecule has 2 atom stereocenters. The number of ether oxygens (including phenoxy) is 2. The monoisotopic (exact) mass is 250 g/mol. The highest BCUT2D eigenvalue weighted by molar-refractivity contribution is 5.29. The summed E-state index contributed by atoms with van der Waals surface area (Å²) in [7, 11) is 1.64. The van der Waals surface area contributed by atoms with Crippen LogP contribution in [0, 0.1) is 5.92 Å². The molecule has 0 aromatic heterocycles. The molecule has 100 valence electrons. The predicted molar refractivity (Wildman–Crippen MR) is 70.7 cm³/mol. The van der Waals surface area contributed by atoms with Crippen molar-refractivity contribution in [3.05, 3.63) is 29.8 Å². The average Bonchev–Trinajstić information content (AvgIpc) is 3.14. The van der Waals surface area contributed by atoms with Gasteiger partial charge in [-0.1, -0.05) is 26.0 Å². The molecule has 0 spiro atoms. The highest BCUT2D eigenvalue weighted by Gasteiger charge is 2.25. The molecule has 1 aliphatic carbocycles. The van der Waals surface area contributed by atoms with E-state index in [4.69, 9.17) is 9.47 Å². The lowest BCUT2D eigenvalue weighted by molar-refractivity contribution is -0.0390. The fourth-order valence-corrected chi connectivity index (χ4v) is 2.08. The second-order valence-corrected chi connectivity index (χ2v) is 5.28. The van der Waals surface area contributed by atoms with Crippen LogP contribution in [0.1, 0.15) is 38.4 Å². The molecule has 2 rings (SSSR count). The van der Waals surface area contributed by atoms with E-state index in [1.54, 1.807) is 7.11 Å². The largest absolute Gasteiger partial charge is 0.490 e. The molecule has 0 saturated heterocycles. The minimum absolute atomic E-state index is 0.180. The van der Waals surface area contributed by atoms with Crippen LogP contribution >= 0.6 is 0 Å². The van der Waals surface area contributed by atoms with Gasteiger partial charge < -0.3 is 14.6 Å². The first kappa shape index (κ1) is 13.4. The third-order valence-electron chi connectivity index (χ3n) is 3.29. The quantitative estimate of drug-likeness (QED) is 0.843. The Morgan fingerprint density at radius 2 is 1.78 bits per heavy atom. The number of benzene rings is 1. The summed E-state index contributed by atoms with van der Waals surface area (Å²) < 4.78 is 11.0. The molecular weight excluding hydrogens is 228 g/mol. The Labute approximate surface area is 109 Å². The third kappa shape index (κ3) is 3.24. The van der Waals surface area contributed by atoms with E-state index < -0.39 is 6.10 Å². The second-order valence-electron chi connectivity index (χ2n) is 5.28. The van der Waals surface area contributed by atoms with Gasteiger partial charge in [0.25, 0.3) is 0 Å². The van der Waals surface area contributed by atoms with Crippen molar-refractivity contribution < 1.29 is 14.6 Å². The van der Waals surface area contributed by atoms with Crippen LogP contribution in [0.15, 0.2) is 24.3 Å². The van der Waals surface area contributed by atoms with E-state index in [0.29, 0.717) is 6.10 Å². The molecule has 18 heavy (non-hydrogen) atoms. The average molecular weight is 250 g/mol. The van der Waals surface area contributed by atoms with Gasteiger partial charge in [0.15, 0.2) is 0 Å². The summed E-state index contributed by atoms with van der Waals surface area (Å²) in [5.74, 6) is 1.15. The zero-order chi connectivity index (χ0) is 13.1. The summed E-state index contributed by atoms with van der Waals surface area (Å²) in [6.07, 6.45) is 1.95. The molecule has 3 nitrogen and oxygen atoms in total. The van der Waals surface area contributed by atoms with Crippen molar-refractivity contribution in [2.45, 2.75) is 45.0 Å². The Morgan fingerprint density at radius 1 is 1.17 bits per heavy atom. The van der Waals surface area contributed by atoms with Crippen LogP contribution in [0.5, 0.6) is 5.75 Å². The zero-order valence-electron chi connectivity index (χ0n) is 11.3. The van der Waals surface area contributed by atoms with Gasteiger partial charge in [-0.15, -0.1) is 0 Å². The standard InChI is InChI=1S/C15H22O3/c1-10(2)15(17-3)14(16)11-4-6-12(7-5-11)18-13-8-9-13/h4-7,10,13-16H,8-9H2,1-3H3. The second kappa shape index (κ2) is 5.72. The molecule has 1 aliphatic rings. The number of aliphatic hydroxyl groups excluding tert-OH is 1. The van der Waals surface area contributed by atoms with Crippen LogP contribution in [-0.4, -0.2) is 24.4 Å². The van der Waals surface area contributed by atoms with E-state index in [2.05, 4.69) is 0 Å². The minimum atomic E-state index is -0.593. The predicted octanol–water partition coefficient (Wildman–Crippen LogP) is 2.93. The maximum atomic E-state index is 10.3.